The lowest BCUT2D eigenvalue weighted by Gasteiger charge is -2.10. The van der Waals surface area contributed by atoms with Gasteiger partial charge in [-0.1, -0.05) is 31.5 Å². The Labute approximate surface area is 128 Å². The van der Waals surface area contributed by atoms with Gasteiger partial charge in [-0.2, -0.15) is 0 Å². The summed E-state index contributed by atoms with van der Waals surface area (Å²) in [5.41, 5.74) is 2.10. The summed E-state index contributed by atoms with van der Waals surface area (Å²) in [4.78, 5) is 16.4. The third-order valence-electron chi connectivity index (χ3n) is 3.04. The lowest BCUT2D eigenvalue weighted by Crippen LogP contribution is -2.14. The summed E-state index contributed by atoms with van der Waals surface area (Å²) >= 11 is 5.93. The van der Waals surface area contributed by atoms with Gasteiger partial charge in [0, 0.05) is 11.3 Å². The Balaban J connectivity index is 2.30. The monoisotopic (exact) mass is 306 g/mol. The molecule has 0 bridgehead atoms. The largest absolute Gasteiger partial charge is 0.319 e. The van der Waals surface area contributed by atoms with E-state index in [1.165, 1.54) is 12.1 Å². The van der Waals surface area contributed by atoms with Crippen molar-refractivity contribution in [2.45, 2.75) is 26.7 Å². The fourth-order valence-corrected chi connectivity index (χ4v) is 2.09. The van der Waals surface area contributed by atoms with Crippen molar-refractivity contribution < 1.29 is 9.18 Å². The van der Waals surface area contributed by atoms with Crippen molar-refractivity contribution in [3.05, 3.63) is 58.1 Å². The normalized spacial score (nSPS) is 10.8. The molecule has 1 amide bonds. The van der Waals surface area contributed by atoms with Crippen LogP contribution in [0.5, 0.6) is 0 Å². The second-order valence-electron chi connectivity index (χ2n) is 5.20. The predicted octanol–water partition coefficient (Wildman–Crippen LogP) is 4.56. The molecule has 0 spiro atoms. The van der Waals surface area contributed by atoms with E-state index in [0.29, 0.717) is 5.56 Å². The molecule has 0 saturated carbocycles. The van der Waals surface area contributed by atoms with Gasteiger partial charge in [0.25, 0.3) is 5.91 Å². The number of amides is 1. The Morgan fingerprint density at radius 2 is 2.00 bits per heavy atom. The molecule has 0 radical (unpaired) electrons. The van der Waals surface area contributed by atoms with Crippen molar-refractivity contribution in [2.75, 3.05) is 5.32 Å². The van der Waals surface area contributed by atoms with Crippen LogP contribution in [-0.2, 0) is 0 Å². The number of benzene rings is 1. The van der Waals surface area contributed by atoms with E-state index in [2.05, 4.69) is 10.3 Å². The van der Waals surface area contributed by atoms with E-state index in [0.717, 1.165) is 11.3 Å². The van der Waals surface area contributed by atoms with Crippen LogP contribution in [0.4, 0.5) is 10.1 Å². The average molecular weight is 307 g/mol. The first-order valence-electron chi connectivity index (χ1n) is 6.62. The first-order valence-corrected chi connectivity index (χ1v) is 6.99. The Kier molecular flexibility index (Phi) is 4.58. The number of nitrogens with zero attached hydrogens (tertiary/aromatic N) is 1. The summed E-state index contributed by atoms with van der Waals surface area (Å²) in [5.74, 6) is -0.741. The summed E-state index contributed by atoms with van der Waals surface area (Å²) in [6, 6.07) is 7.69. The lowest BCUT2D eigenvalue weighted by atomic mass is 10.1. The highest BCUT2D eigenvalue weighted by molar-refractivity contribution is 6.29. The highest BCUT2D eigenvalue weighted by atomic mass is 35.5. The van der Waals surface area contributed by atoms with Gasteiger partial charge >= 0.3 is 0 Å². The van der Waals surface area contributed by atoms with Gasteiger partial charge in [-0.3, -0.25) is 4.79 Å². The minimum absolute atomic E-state index is 0.144. The molecule has 1 aromatic heterocycles. The van der Waals surface area contributed by atoms with Gasteiger partial charge in [0.05, 0.1) is 5.69 Å². The molecule has 21 heavy (non-hydrogen) atoms. The van der Waals surface area contributed by atoms with E-state index in [1.54, 1.807) is 18.2 Å². The average Bonchev–Trinajstić information content (AvgIpc) is 2.42. The molecule has 0 aliphatic rings. The third kappa shape index (κ3) is 3.79. The molecular formula is C16H16ClFN2O. The first kappa shape index (κ1) is 15.4. The molecule has 0 saturated heterocycles. The van der Waals surface area contributed by atoms with Crippen LogP contribution in [0.3, 0.4) is 0 Å². The number of aromatic nitrogens is 1. The molecule has 0 aliphatic carbocycles. The number of carbonyl (C=O) groups excluding carboxylic acids is 1. The van der Waals surface area contributed by atoms with E-state index in [4.69, 9.17) is 11.6 Å². The predicted molar refractivity (Wildman–Crippen MR) is 82.4 cm³/mol. The van der Waals surface area contributed by atoms with Crippen LogP contribution in [0.25, 0.3) is 0 Å². The molecule has 3 nitrogen and oxygen atoms in total. The van der Waals surface area contributed by atoms with E-state index in [1.807, 2.05) is 20.8 Å². The van der Waals surface area contributed by atoms with Crippen molar-refractivity contribution in [2.24, 2.45) is 0 Å². The molecule has 0 fully saturated rings. The SMILES string of the molecule is Cc1ccc(F)c(NC(=O)c2cc(Cl)nc(C(C)C)c2)c1. The number of hydrogen-bond acceptors (Lipinski definition) is 2. The van der Waals surface area contributed by atoms with E-state index >= 15 is 0 Å². The summed E-state index contributed by atoms with van der Waals surface area (Å²) < 4.78 is 13.7. The van der Waals surface area contributed by atoms with E-state index < -0.39 is 11.7 Å². The number of anilines is 1. The topological polar surface area (TPSA) is 42.0 Å². The molecule has 0 unspecified atom stereocenters. The molecule has 2 aromatic rings. The van der Waals surface area contributed by atoms with Gasteiger partial charge in [0.15, 0.2) is 0 Å². The molecule has 0 atom stereocenters. The van der Waals surface area contributed by atoms with Gasteiger partial charge in [-0.25, -0.2) is 9.37 Å². The van der Waals surface area contributed by atoms with Crippen molar-refractivity contribution >= 4 is 23.2 Å². The molecule has 110 valence electrons. The van der Waals surface area contributed by atoms with Crippen LogP contribution in [0.15, 0.2) is 30.3 Å². The van der Waals surface area contributed by atoms with Gasteiger partial charge in [0.1, 0.15) is 11.0 Å². The molecule has 1 aromatic carbocycles. The van der Waals surface area contributed by atoms with Crippen molar-refractivity contribution in [1.82, 2.24) is 4.98 Å². The molecule has 5 heteroatoms. The highest BCUT2D eigenvalue weighted by Crippen LogP contribution is 2.20. The van der Waals surface area contributed by atoms with Crippen LogP contribution < -0.4 is 5.32 Å². The number of rotatable bonds is 3. The number of aryl methyl sites for hydroxylation is 1. The van der Waals surface area contributed by atoms with Gasteiger partial charge in [-0.05, 0) is 42.7 Å². The summed E-state index contributed by atoms with van der Waals surface area (Å²) in [6.45, 7) is 5.75. The van der Waals surface area contributed by atoms with E-state index in [9.17, 15) is 9.18 Å². The second-order valence-corrected chi connectivity index (χ2v) is 5.58. The number of halogens is 2. The number of nitrogens with one attached hydrogen (secondary N) is 1. The zero-order valence-corrected chi connectivity index (χ0v) is 12.8. The van der Waals surface area contributed by atoms with Crippen LogP contribution in [0.2, 0.25) is 5.15 Å². The Hall–Kier alpha value is -1.94. The highest BCUT2D eigenvalue weighted by Gasteiger charge is 2.13. The Morgan fingerprint density at radius 3 is 2.67 bits per heavy atom. The van der Waals surface area contributed by atoms with Crippen LogP contribution in [0, 0.1) is 12.7 Å². The Morgan fingerprint density at radius 1 is 1.29 bits per heavy atom. The van der Waals surface area contributed by atoms with Crippen molar-refractivity contribution in [3.63, 3.8) is 0 Å². The summed E-state index contributed by atoms with van der Waals surface area (Å²) in [5, 5.41) is 2.81. The van der Waals surface area contributed by atoms with Gasteiger partial charge in [-0.15, -0.1) is 0 Å². The maximum Gasteiger partial charge on any atom is 0.255 e. The van der Waals surface area contributed by atoms with Gasteiger partial charge < -0.3 is 5.32 Å². The maximum absolute atomic E-state index is 13.7. The smallest absolute Gasteiger partial charge is 0.255 e. The quantitative estimate of drug-likeness (QED) is 0.845. The minimum Gasteiger partial charge on any atom is -0.319 e. The number of hydrogen-bond donors (Lipinski definition) is 1. The van der Waals surface area contributed by atoms with Crippen molar-refractivity contribution in [1.29, 1.82) is 0 Å². The zero-order valence-electron chi connectivity index (χ0n) is 12.1. The minimum atomic E-state index is -0.474. The van der Waals surface area contributed by atoms with Crippen LogP contribution >= 0.6 is 11.6 Å². The fraction of sp³-hybridized carbons (Fsp3) is 0.250. The first-order chi connectivity index (χ1) is 9.86. The van der Waals surface area contributed by atoms with Crippen LogP contribution in [-0.4, -0.2) is 10.9 Å². The molecule has 1 N–H and O–H groups in total. The number of carbonyl (C=O) groups is 1. The summed E-state index contributed by atoms with van der Waals surface area (Å²) in [7, 11) is 0. The van der Waals surface area contributed by atoms with Crippen LogP contribution in [0.1, 0.15) is 41.4 Å². The molecule has 1 heterocycles. The van der Waals surface area contributed by atoms with Crippen molar-refractivity contribution in [3.8, 4) is 0 Å². The Bertz CT molecular complexity index is 686. The van der Waals surface area contributed by atoms with Gasteiger partial charge in [0.2, 0.25) is 0 Å². The lowest BCUT2D eigenvalue weighted by molar-refractivity contribution is 0.102. The number of pyridine rings is 1. The summed E-state index contributed by atoms with van der Waals surface area (Å²) in [6.07, 6.45) is 0. The molecule has 2 rings (SSSR count). The third-order valence-corrected chi connectivity index (χ3v) is 3.23. The zero-order chi connectivity index (χ0) is 15.6. The molecular weight excluding hydrogens is 291 g/mol. The van der Waals surface area contributed by atoms with E-state index in [-0.39, 0.29) is 16.8 Å². The fourth-order valence-electron chi connectivity index (χ4n) is 1.87. The maximum atomic E-state index is 13.7. The molecule has 0 aliphatic heterocycles. The second kappa shape index (κ2) is 6.22. The standard InChI is InChI=1S/C16H16ClFN2O/c1-9(2)13-7-11(8-15(17)19-13)16(21)20-14-6-10(3)4-5-12(14)18/h4-9H,1-3H3,(H,20,21).